The lowest BCUT2D eigenvalue weighted by Gasteiger charge is -2.34. The normalized spacial score (nSPS) is 15.0. The molecule has 21 heavy (non-hydrogen) atoms. The zero-order valence-corrected chi connectivity index (χ0v) is 13.6. The number of benzene rings is 1. The molecule has 0 aliphatic heterocycles. The first-order valence-corrected chi connectivity index (χ1v) is 8.60. The van der Waals surface area contributed by atoms with Crippen molar-refractivity contribution < 1.29 is 0 Å². The molecule has 0 atom stereocenters. The molecule has 112 valence electrons. The molecule has 3 nitrogen and oxygen atoms in total. The van der Waals surface area contributed by atoms with Crippen LogP contribution in [0.5, 0.6) is 0 Å². The standard InChI is InChI=1S/C17H23N3S/c1-3-18-12-15-16(13-8-5-4-6-9-13)19-17(21-15)20(2)14-10-7-11-14/h4-6,8-9,14,18H,3,7,10-12H2,1-2H3. The molecule has 0 amide bonds. The molecule has 1 fully saturated rings. The van der Waals surface area contributed by atoms with Crippen molar-refractivity contribution in [3.63, 3.8) is 0 Å². The van der Waals surface area contributed by atoms with Crippen molar-refractivity contribution in [2.24, 2.45) is 0 Å². The Labute approximate surface area is 131 Å². The Morgan fingerprint density at radius 3 is 2.67 bits per heavy atom. The molecule has 3 rings (SSSR count). The topological polar surface area (TPSA) is 28.2 Å². The minimum Gasteiger partial charge on any atom is -0.348 e. The minimum absolute atomic E-state index is 0.687. The van der Waals surface area contributed by atoms with Crippen molar-refractivity contribution in [1.29, 1.82) is 0 Å². The van der Waals surface area contributed by atoms with Crippen molar-refractivity contribution >= 4 is 16.5 Å². The summed E-state index contributed by atoms with van der Waals surface area (Å²) in [6.07, 6.45) is 3.97. The van der Waals surface area contributed by atoms with E-state index in [4.69, 9.17) is 4.98 Å². The van der Waals surface area contributed by atoms with Gasteiger partial charge < -0.3 is 10.2 Å². The summed E-state index contributed by atoms with van der Waals surface area (Å²) in [4.78, 5) is 8.65. The van der Waals surface area contributed by atoms with E-state index in [1.165, 1.54) is 29.7 Å². The van der Waals surface area contributed by atoms with E-state index in [1.54, 1.807) is 0 Å². The third-order valence-electron chi connectivity index (χ3n) is 4.19. The van der Waals surface area contributed by atoms with E-state index in [2.05, 4.69) is 54.5 Å². The summed E-state index contributed by atoms with van der Waals surface area (Å²) in [5.74, 6) is 0. The number of hydrogen-bond acceptors (Lipinski definition) is 4. The number of nitrogens with zero attached hydrogens (tertiary/aromatic N) is 2. The van der Waals surface area contributed by atoms with Gasteiger partial charge in [-0.05, 0) is 25.8 Å². The maximum absolute atomic E-state index is 4.94. The van der Waals surface area contributed by atoms with Crippen LogP contribution in [0, 0.1) is 0 Å². The lowest BCUT2D eigenvalue weighted by molar-refractivity contribution is 0.401. The second-order valence-electron chi connectivity index (χ2n) is 5.61. The average molecular weight is 301 g/mol. The van der Waals surface area contributed by atoms with Crippen LogP contribution in [0.4, 0.5) is 5.13 Å². The lowest BCUT2D eigenvalue weighted by Crippen LogP contribution is -2.36. The zero-order valence-electron chi connectivity index (χ0n) is 12.8. The summed E-state index contributed by atoms with van der Waals surface area (Å²) in [6.45, 7) is 4.03. The quantitative estimate of drug-likeness (QED) is 0.877. The fourth-order valence-corrected chi connectivity index (χ4v) is 3.69. The predicted molar refractivity (Wildman–Crippen MR) is 91.0 cm³/mol. The van der Waals surface area contributed by atoms with Crippen molar-refractivity contribution in [2.75, 3.05) is 18.5 Å². The van der Waals surface area contributed by atoms with Crippen molar-refractivity contribution in [2.45, 2.75) is 38.8 Å². The van der Waals surface area contributed by atoms with E-state index in [0.717, 1.165) is 23.9 Å². The monoisotopic (exact) mass is 301 g/mol. The smallest absolute Gasteiger partial charge is 0.186 e. The Hall–Kier alpha value is -1.39. The SMILES string of the molecule is CCNCc1sc(N(C)C2CCC2)nc1-c1ccccc1. The molecule has 0 radical (unpaired) electrons. The fourth-order valence-electron chi connectivity index (χ4n) is 2.60. The Kier molecular flexibility index (Phi) is 4.56. The number of anilines is 1. The molecular formula is C17H23N3S. The van der Waals surface area contributed by atoms with Crippen molar-refractivity contribution in [3.8, 4) is 11.3 Å². The molecule has 0 spiro atoms. The summed E-state index contributed by atoms with van der Waals surface area (Å²) in [7, 11) is 2.19. The average Bonchev–Trinajstić information content (AvgIpc) is 2.88. The summed E-state index contributed by atoms with van der Waals surface area (Å²) >= 11 is 1.83. The van der Waals surface area contributed by atoms with E-state index in [0.29, 0.717) is 6.04 Å². The maximum Gasteiger partial charge on any atom is 0.186 e. The molecule has 4 heteroatoms. The van der Waals surface area contributed by atoms with Crippen LogP contribution < -0.4 is 10.2 Å². The number of nitrogens with one attached hydrogen (secondary N) is 1. The number of aromatic nitrogens is 1. The molecular weight excluding hydrogens is 278 g/mol. The van der Waals surface area contributed by atoms with Gasteiger partial charge in [-0.3, -0.25) is 0 Å². The summed E-state index contributed by atoms with van der Waals surface area (Å²) < 4.78 is 0. The van der Waals surface area contributed by atoms with Gasteiger partial charge in [-0.2, -0.15) is 0 Å². The summed E-state index contributed by atoms with van der Waals surface area (Å²) in [5, 5.41) is 4.59. The van der Waals surface area contributed by atoms with Crippen LogP contribution >= 0.6 is 11.3 Å². The molecule has 1 saturated carbocycles. The molecule has 1 aromatic carbocycles. The van der Waals surface area contributed by atoms with Gasteiger partial charge in [0.15, 0.2) is 5.13 Å². The zero-order chi connectivity index (χ0) is 14.7. The molecule has 1 aliphatic carbocycles. The van der Waals surface area contributed by atoms with Gasteiger partial charge in [-0.15, -0.1) is 0 Å². The molecule has 1 aromatic heterocycles. The van der Waals surface area contributed by atoms with E-state index >= 15 is 0 Å². The first-order valence-electron chi connectivity index (χ1n) is 7.78. The van der Waals surface area contributed by atoms with Gasteiger partial charge in [-0.25, -0.2) is 4.98 Å². The highest BCUT2D eigenvalue weighted by molar-refractivity contribution is 7.16. The van der Waals surface area contributed by atoms with Crippen LogP contribution in [0.2, 0.25) is 0 Å². The molecule has 1 N–H and O–H groups in total. The Morgan fingerprint density at radius 1 is 1.29 bits per heavy atom. The lowest BCUT2D eigenvalue weighted by atomic mass is 9.92. The second kappa shape index (κ2) is 6.58. The highest BCUT2D eigenvalue weighted by Crippen LogP contribution is 2.36. The molecule has 0 bridgehead atoms. The highest BCUT2D eigenvalue weighted by atomic mass is 32.1. The Morgan fingerprint density at radius 2 is 2.05 bits per heavy atom. The minimum atomic E-state index is 0.687. The van der Waals surface area contributed by atoms with Crippen LogP contribution in [0.15, 0.2) is 30.3 Å². The largest absolute Gasteiger partial charge is 0.348 e. The van der Waals surface area contributed by atoms with Gasteiger partial charge in [-0.1, -0.05) is 48.6 Å². The first kappa shape index (κ1) is 14.5. The van der Waals surface area contributed by atoms with Gasteiger partial charge in [0.05, 0.1) is 5.69 Å². The van der Waals surface area contributed by atoms with Crippen LogP contribution in [-0.4, -0.2) is 24.6 Å². The van der Waals surface area contributed by atoms with Gasteiger partial charge in [0.25, 0.3) is 0 Å². The van der Waals surface area contributed by atoms with Crippen molar-refractivity contribution in [1.82, 2.24) is 10.3 Å². The van der Waals surface area contributed by atoms with Crippen LogP contribution in [-0.2, 0) is 6.54 Å². The van der Waals surface area contributed by atoms with Crippen LogP contribution in [0.25, 0.3) is 11.3 Å². The van der Waals surface area contributed by atoms with Gasteiger partial charge in [0.1, 0.15) is 0 Å². The second-order valence-corrected chi connectivity index (χ2v) is 6.67. The number of hydrogen-bond donors (Lipinski definition) is 1. The summed E-state index contributed by atoms with van der Waals surface area (Å²) in [5.41, 5.74) is 2.36. The molecule has 0 unspecified atom stereocenters. The van der Waals surface area contributed by atoms with Gasteiger partial charge >= 0.3 is 0 Å². The molecule has 2 aromatic rings. The van der Waals surface area contributed by atoms with Crippen LogP contribution in [0.1, 0.15) is 31.1 Å². The highest BCUT2D eigenvalue weighted by Gasteiger charge is 2.25. The number of thiazole rings is 1. The third kappa shape index (κ3) is 3.11. The van der Waals surface area contributed by atoms with E-state index in [9.17, 15) is 0 Å². The number of rotatable bonds is 6. The molecule has 1 heterocycles. The summed E-state index contributed by atoms with van der Waals surface area (Å²) in [6, 6.07) is 11.2. The Balaban J connectivity index is 1.90. The Bertz CT molecular complexity index is 575. The van der Waals surface area contributed by atoms with E-state index in [1.807, 2.05) is 11.3 Å². The molecule has 0 saturated heterocycles. The van der Waals surface area contributed by atoms with E-state index in [-0.39, 0.29) is 0 Å². The molecule has 1 aliphatic rings. The van der Waals surface area contributed by atoms with Gasteiger partial charge in [0.2, 0.25) is 0 Å². The maximum atomic E-state index is 4.94. The van der Waals surface area contributed by atoms with Gasteiger partial charge in [0, 0.05) is 30.1 Å². The first-order chi connectivity index (χ1) is 10.3. The fraction of sp³-hybridized carbons (Fsp3) is 0.471. The third-order valence-corrected chi connectivity index (χ3v) is 5.34. The predicted octanol–water partition coefficient (Wildman–Crippen LogP) is 3.91. The van der Waals surface area contributed by atoms with Crippen LogP contribution in [0.3, 0.4) is 0 Å². The van der Waals surface area contributed by atoms with E-state index < -0.39 is 0 Å². The van der Waals surface area contributed by atoms with Crippen molar-refractivity contribution in [3.05, 3.63) is 35.2 Å².